The SMILES string of the molecule is CC1CCc2cc3c(c(NC(N)=O)c21)CCC3.N/C=C(/NO)C1=NCCO1. The van der Waals surface area contributed by atoms with E-state index >= 15 is 0 Å². The zero-order valence-electron chi connectivity index (χ0n) is 15.5. The highest BCUT2D eigenvalue weighted by Crippen LogP contribution is 2.43. The molecule has 1 aromatic rings. The Morgan fingerprint density at radius 2 is 2.19 bits per heavy atom. The van der Waals surface area contributed by atoms with Gasteiger partial charge in [0.1, 0.15) is 12.3 Å². The molecule has 0 aromatic heterocycles. The van der Waals surface area contributed by atoms with Crippen LogP contribution in [0.4, 0.5) is 10.5 Å². The zero-order valence-corrected chi connectivity index (χ0v) is 15.5. The summed E-state index contributed by atoms with van der Waals surface area (Å²) in [6, 6.07) is 1.92. The molecule has 1 unspecified atom stereocenters. The first-order valence-corrected chi connectivity index (χ1v) is 9.28. The molecule has 8 nitrogen and oxygen atoms in total. The van der Waals surface area contributed by atoms with E-state index in [0.717, 1.165) is 24.9 Å². The first-order chi connectivity index (χ1) is 13.0. The van der Waals surface area contributed by atoms with Crippen LogP contribution in [-0.2, 0) is 24.0 Å². The largest absolute Gasteiger partial charge is 0.474 e. The van der Waals surface area contributed by atoms with Crippen molar-refractivity contribution in [1.29, 1.82) is 0 Å². The summed E-state index contributed by atoms with van der Waals surface area (Å²) >= 11 is 0. The van der Waals surface area contributed by atoms with Gasteiger partial charge in [-0.25, -0.2) is 9.79 Å². The molecule has 7 N–H and O–H groups in total. The van der Waals surface area contributed by atoms with Crippen LogP contribution in [0.5, 0.6) is 0 Å². The Labute approximate surface area is 158 Å². The third kappa shape index (κ3) is 4.00. The van der Waals surface area contributed by atoms with Crippen LogP contribution < -0.4 is 22.3 Å². The third-order valence-electron chi connectivity index (χ3n) is 5.22. The molecule has 0 radical (unpaired) electrons. The number of fused-ring (bicyclic) bond motifs is 2. The molecule has 4 rings (SSSR count). The van der Waals surface area contributed by atoms with E-state index in [-0.39, 0.29) is 0 Å². The summed E-state index contributed by atoms with van der Waals surface area (Å²) in [5.74, 6) is 0.905. The van der Waals surface area contributed by atoms with Crippen molar-refractivity contribution in [3.05, 3.63) is 40.2 Å². The minimum absolute atomic E-state index is 0.303. The average molecular weight is 373 g/mol. The number of rotatable bonds is 3. The van der Waals surface area contributed by atoms with Crippen LogP contribution in [-0.4, -0.2) is 30.3 Å². The van der Waals surface area contributed by atoms with E-state index in [2.05, 4.69) is 23.3 Å². The highest BCUT2D eigenvalue weighted by Gasteiger charge is 2.28. The van der Waals surface area contributed by atoms with E-state index in [4.69, 9.17) is 21.4 Å². The number of carbonyl (C=O) groups is 1. The maximum absolute atomic E-state index is 11.2. The molecular weight excluding hydrogens is 346 g/mol. The number of hydrogen-bond acceptors (Lipinski definition) is 6. The van der Waals surface area contributed by atoms with Crippen LogP contribution in [0, 0.1) is 0 Å². The van der Waals surface area contributed by atoms with E-state index in [1.807, 2.05) is 5.48 Å². The number of urea groups is 1. The van der Waals surface area contributed by atoms with Gasteiger partial charge in [-0.15, -0.1) is 0 Å². The maximum Gasteiger partial charge on any atom is 0.316 e. The molecule has 0 saturated carbocycles. The van der Waals surface area contributed by atoms with Crippen molar-refractivity contribution < 1.29 is 14.7 Å². The molecule has 0 spiro atoms. The number of primary amides is 1. The molecule has 146 valence electrons. The average Bonchev–Trinajstić information content (AvgIpc) is 3.38. The summed E-state index contributed by atoms with van der Waals surface area (Å²) in [6.45, 7) is 3.40. The van der Waals surface area contributed by atoms with Gasteiger partial charge in [0.2, 0.25) is 5.90 Å². The molecule has 1 aromatic carbocycles. The number of carbonyl (C=O) groups excluding carboxylic acids is 1. The summed E-state index contributed by atoms with van der Waals surface area (Å²) in [4.78, 5) is 15.1. The topological polar surface area (TPSA) is 135 Å². The Morgan fingerprint density at radius 1 is 1.37 bits per heavy atom. The van der Waals surface area contributed by atoms with E-state index in [1.165, 1.54) is 41.3 Å². The van der Waals surface area contributed by atoms with Crippen molar-refractivity contribution in [3.63, 3.8) is 0 Å². The zero-order chi connectivity index (χ0) is 19.4. The molecule has 0 saturated heterocycles. The number of nitrogens with zero attached hydrogens (tertiary/aromatic N) is 1. The number of aryl methyl sites for hydroxylation is 2. The van der Waals surface area contributed by atoms with Gasteiger partial charge in [0.25, 0.3) is 0 Å². The number of ether oxygens (including phenoxy) is 1. The number of anilines is 1. The van der Waals surface area contributed by atoms with Crippen molar-refractivity contribution in [2.45, 2.75) is 44.9 Å². The minimum Gasteiger partial charge on any atom is -0.474 e. The monoisotopic (exact) mass is 373 g/mol. The fourth-order valence-electron chi connectivity index (χ4n) is 4.03. The van der Waals surface area contributed by atoms with Gasteiger partial charge in [0.05, 0.1) is 6.54 Å². The summed E-state index contributed by atoms with van der Waals surface area (Å²) in [5, 5.41) is 11.3. The lowest BCUT2D eigenvalue weighted by molar-refractivity contribution is 0.201. The highest BCUT2D eigenvalue weighted by atomic mass is 16.5. The molecule has 2 aliphatic carbocycles. The second-order valence-electron chi connectivity index (χ2n) is 6.97. The molecule has 1 heterocycles. The molecule has 27 heavy (non-hydrogen) atoms. The van der Waals surface area contributed by atoms with Crippen LogP contribution in [0.2, 0.25) is 0 Å². The molecule has 0 bridgehead atoms. The van der Waals surface area contributed by atoms with Gasteiger partial charge in [-0.05, 0) is 60.3 Å². The Morgan fingerprint density at radius 3 is 2.81 bits per heavy atom. The second-order valence-corrected chi connectivity index (χ2v) is 6.97. The van der Waals surface area contributed by atoms with E-state index < -0.39 is 6.03 Å². The van der Waals surface area contributed by atoms with Gasteiger partial charge in [-0.1, -0.05) is 13.0 Å². The summed E-state index contributed by atoms with van der Waals surface area (Å²) in [7, 11) is 0. The van der Waals surface area contributed by atoms with Crippen LogP contribution >= 0.6 is 0 Å². The number of nitrogens with one attached hydrogen (secondary N) is 2. The highest BCUT2D eigenvalue weighted by molar-refractivity contribution is 5.93. The van der Waals surface area contributed by atoms with Gasteiger partial charge in [-0.2, -0.15) is 0 Å². The minimum atomic E-state index is -0.438. The van der Waals surface area contributed by atoms with Gasteiger partial charge >= 0.3 is 6.03 Å². The first kappa shape index (κ1) is 19.0. The molecule has 2 amide bonds. The molecular formula is C19H27N5O3. The number of amides is 2. The summed E-state index contributed by atoms with van der Waals surface area (Å²) in [5.41, 5.74) is 19.1. The Kier molecular flexibility index (Phi) is 5.85. The Hall–Kier alpha value is -2.74. The quantitative estimate of drug-likeness (QED) is 0.516. The Balaban J connectivity index is 0.000000180. The van der Waals surface area contributed by atoms with Crippen molar-refractivity contribution in [2.75, 3.05) is 18.5 Å². The number of hydrogen-bond donors (Lipinski definition) is 5. The lowest BCUT2D eigenvalue weighted by Crippen LogP contribution is -2.21. The number of nitrogens with two attached hydrogens (primary N) is 2. The molecule has 1 atom stereocenters. The van der Waals surface area contributed by atoms with E-state index in [9.17, 15) is 4.79 Å². The van der Waals surface area contributed by atoms with E-state index in [1.54, 1.807) is 0 Å². The van der Waals surface area contributed by atoms with Crippen molar-refractivity contribution in [3.8, 4) is 0 Å². The standard InChI is InChI=1S/C14H18N2O.C5H9N3O2/c1-8-5-6-10-7-9-3-2-4-11(9)13(12(8)10)16-14(15)17;6-3-4(8-9)5-7-1-2-10-5/h7-8H,2-6H2,1H3,(H3,15,16,17);3,8-9H,1-2,6H2/b;4-3+. The summed E-state index contributed by atoms with van der Waals surface area (Å²) < 4.78 is 4.98. The van der Waals surface area contributed by atoms with Crippen LogP contribution in [0.25, 0.3) is 0 Å². The molecule has 1 aliphatic heterocycles. The smallest absolute Gasteiger partial charge is 0.316 e. The number of aliphatic imine (C=N–C) groups is 1. The van der Waals surface area contributed by atoms with Crippen LogP contribution in [0.1, 0.15) is 47.9 Å². The predicted molar refractivity (Wildman–Crippen MR) is 104 cm³/mol. The van der Waals surface area contributed by atoms with Crippen molar-refractivity contribution in [2.24, 2.45) is 16.5 Å². The first-order valence-electron chi connectivity index (χ1n) is 9.28. The molecule has 8 heteroatoms. The third-order valence-corrected chi connectivity index (χ3v) is 5.22. The molecule has 3 aliphatic rings. The van der Waals surface area contributed by atoms with Gasteiger partial charge in [0, 0.05) is 11.9 Å². The van der Waals surface area contributed by atoms with Crippen molar-refractivity contribution >= 4 is 17.6 Å². The lowest BCUT2D eigenvalue weighted by atomic mass is 9.95. The lowest BCUT2D eigenvalue weighted by Gasteiger charge is -2.17. The number of hydroxylamine groups is 1. The summed E-state index contributed by atoms with van der Waals surface area (Å²) in [6.07, 6.45) is 6.93. The normalized spacial score (nSPS) is 20.0. The van der Waals surface area contributed by atoms with Gasteiger partial charge in [0.15, 0.2) is 0 Å². The fraction of sp³-hybridized carbons (Fsp3) is 0.474. The van der Waals surface area contributed by atoms with Crippen LogP contribution in [0.15, 0.2) is 23.0 Å². The van der Waals surface area contributed by atoms with Crippen LogP contribution in [0.3, 0.4) is 0 Å². The van der Waals surface area contributed by atoms with E-state index in [0.29, 0.717) is 30.7 Å². The fourth-order valence-corrected chi connectivity index (χ4v) is 4.03. The molecule has 0 fully saturated rings. The van der Waals surface area contributed by atoms with Crippen molar-refractivity contribution in [1.82, 2.24) is 5.48 Å². The Bertz CT molecular complexity index is 788. The number of benzene rings is 1. The second kappa shape index (κ2) is 8.30. The van der Waals surface area contributed by atoms with Gasteiger partial charge in [-0.3, -0.25) is 10.7 Å². The predicted octanol–water partition coefficient (Wildman–Crippen LogP) is 1.91. The maximum atomic E-state index is 11.2. The van der Waals surface area contributed by atoms with Gasteiger partial charge < -0.3 is 21.5 Å².